The third kappa shape index (κ3) is 5.20. The van der Waals surface area contributed by atoms with Gasteiger partial charge >= 0.3 is 12.0 Å². The highest BCUT2D eigenvalue weighted by atomic mass is 32.2. The molecule has 1 unspecified atom stereocenters. The summed E-state index contributed by atoms with van der Waals surface area (Å²) in [7, 11) is 0. The fourth-order valence-electron chi connectivity index (χ4n) is 3.42. The molecule has 3 N–H and O–H groups in total. The van der Waals surface area contributed by atoms with Gasteiger partial charge in [-0.2, -0.15) is 0 Å². The second kappa shape index (κ2) is 10.1. The fourth-order valence-corrected chi connectivity index (χ4v) is 5.15. The molecule has 0 radical (unpaired) electrons. The number of hydrogen-bond acceptors (Lipinski definition) is 9. The van der Waals surface area contributed by atoms with Gasteiger partial charge in [-0.3, -0.25) is 0 Å². The Morgan fingerprint density at radius 3 is 2.73 bits per heavy atom. The number of nitrogens with zero attached hydrogens (tertiary/aromatic N) is 2. The molecule has 4 rings (SSSR count). The summed E-state index contributed by atoms with van der Waals surface area (Å²) in [6.07, 6.45) is 1.49. The minimum atomic E-state index is -0.737. The van der Waals surface area contributed by atoms with Gasteiger partial charge in [0.15, 0.2) is 4.34 Å². The average molecular weight is 486 g/mol. The van der Waals surface area contributed by atoms with Crippen LogP contribution >= 0.6 is 23.1 Å². The van der Waals surface area contributed by atoms with E-state index in [1.54, 1.807) is 19.1 Å². The molecular weight excluding hydrogens is 462 g/mol. The van der Waals surface area contributed by atoms with Crippen LogP contribution < -0.4 is 16.0 Å². The van der Waals surface area contributed by atoms with Gasteiger partial charge in [0.2, 0.25) is 5.13 Å². The van der Waals surface area contributed by atoms with Crippen LogP contribution in [0.5, 0.6) is 0 Å². The highest BCUT2D eigenvalue weighted by molar-refractivity contribution is 8.01. The molecule has 2 amide bonds. The zero-order valence-corrected chi connectivity index (χ0v) is 19.9. The molecular formula is C22H23N5O4S2. The lowest BCUT2D eigenvalue weighted by molar-refractivity contribution is -0.139. The molecule has 0 spiro atoms. The van der Waals surface area contributed by atoms with Gasteiger partial charge in [-0.05, 0) is 44.0 Å². The summed E-state index contributed by atoms with van der Waals surface area (Å²) >= 11 is 2.77. The number of nitrogens with one attached hydrogen (secondary N) is 3. The fraction of sp³-hybridized carbons (Fsp3) is 0.273. The van der Waals surface area contributed by atoms with E-state index in [0.717, 1.165) is 16.8 Å². The molecule has 2 aromatic heterocycles. The van der Waals surface area contributed by atoms with Crippen LogP contribution in [0.4, 0.5) is 15.6 Å². The number of para-hydroxylation sites is 1. The van der Waals surface area contributed by atoms with Crippen LogP contribution in [-0.2, 0) is 9.53 Å². The quantitative estimate of drug-likeness (QED) is 0.316. The Morgan fingerprint density at radius 2 is 2.03 bits per heavy atom. The number of hydrogen-bond donors (Lipinski definition) is 3. The van der Waals surface area contributed by atoms with Crippen molar-refractivity contribution in [1.29, 1.82) is 0 Å². The van der Waals surface area contributed by atoms with Gasteiger partial charge in [-0.25, -0.2) is 9.59 Å². The molecule has 3 aromatic rings. The van der Waals surface area contributed by atoms with Crippen LogP contribution in [0.1, 0.15) is 29.9 Å². The number of rotatable bonds is 8. The minimum Gasteiger partial charge on any atom is -0.467 e. The lowest BCUT2D eigenvalue weighted by Gasteiger charge is -2.27. The van der Waals surface area contributed by atoms with Crippen LogP contribution in [0.3, 0.4) is 0 Å². The van der Waals surface area contributed by atoms with Crippen LogP contribution in [0, 0.1) is 13.8 Å². The van der Waals surface area contributed by atoms with Gasteiger partial charge < -0.3 is 25.1 Å². The SMILES string of the molecule is CCOC(=O)C1=C(CSc2nnc(Nc3c(C)cccc3C)s2)NC(=O)NC1c1ccco1. The van der Waals surface area contributed by atoms with Crippen molar-refractivity contribution in [2.75, 3.05) is 17.7 Å². The van der Waals surface area contributed by atoms with E-state index in [-0.39, 0.29) is 6.61 Å². The second-order valence-corrected chi connectivity index (χ2v) is 9.41. The first-order valence-corrected chi connectivity index (χ1v) is 12.1. The Bertz CT molecular complexity index is 1170. The number of amides is 2. The van der Waals surface area contributed by atoms with E-state index in [0.29, 0.717) is 32.3 Å². The van der Waals surface area contributed by atoms with E-state index in [4.69, 9.17) is 9.15 Å². The number of esters is 1. The largest absolute Gasteiger partial charge is 0.467 e. The number of urea groups is 1. The monoisotopic (exact) mass is 485 g/mol. The van der Waals surface area contributed by atoms with Crippen LogP contribution in [-0.4, -0.2) is 34.6 Å². The van der Waals surface area contributed by atoms with E-state index >= 15 is 0 Å². The molecule has 1 atom stereocenters. The van der Waals surface area contributed by atoms with Gasteiger partial charge in [0.25, 0.3) is 0 Å². The molecule has 0 saturated heterocycles. The van der Waals surface area contributed by atoms with Crippen molar-refractivity contribution < 1.29 is 18.7 Å². The first kappa shape index (κ1) is 22.9. The molecule has 11 heteroatoms. The summed E-state index contributed by atoms with van der Waals surface area (Å²) in [5.74, 6) is 0.236. The Balaban J connectivity index is 1.54. The van der Waals surface area contributed by atoms with Crippen molar-refractivity contribution in [3.05, 3.63) is 64.8 Å². The normalized spacial score (nSPS) is 15.7. The summed E-state index contributed by atoms with van der Waals surface area (Å²) < 4.78 is 11.4. The lowest BCUT2D eigenvalue weighted by Crippen LogP contribution is -2.46. The molecule has 172 valence electrons. The number of thioether (sulfide) groups is 1. The number of ether oxygens (including phenoxy) is 1. The zero-order chi connectivity index (χ0) is 23.4. The number of benzene rings is 1. The predicted molar refractivity (Wildman–Crippen MR) is 127 cm³/mol. The van der Waals surface area contributed by atoms with Crippen molar-refractivity contribution in [2.45, 2.75) is 31.2 Å². The van der Waals surface area contributed by atoms with Crippen molar-refractivity contribution in [3.63, 3.8) is 0 Å². The Hall–Kier alpha value is -3.31. The number of aromatic nitrogens is 2. The molecule has 0 aliphatic carbocycles. The molecule has 33 heavy (non-hydrogen) atoms. The third-order valence-corrected chi connectivity index (χ3v) is 6.93. The summed E-state index contributed by atoms with van der Waals surface area (Å²) in [5.41, 5.74) is 3.99. The predicted octanol–water partition coefficient (Wildman–Crippen LogP) is 4.45. The molecule has 1 aliphatic rings. The summed E-state index contributed by atoms with van der Waals surface area (Å²) in [4.78, 5) is 25.0. The van der Waals surface area contributed by atoms with Gasteiger partial charge in [0.05, 0.1) is 18.4 Å². The first-order chi connectivity index (χ1) is 16.0. The summed E-state index contributed by atoms with van der Waals surface area (Å²) in [6, 6.07) is 8.32. The third-order valence-electron chi connectivity index (χ3n) is 4.94. The molecule has 0 saturated carbocycles. The average Bonchev–Trinajstić information content (AvgIpc) is 3.47. The van der Waals surface area contributed by atoms with Gasteiger partial charge in [-0.15, -0.1) is 10.2 Å². The Labute approximate surface area is 199 Å². The van der Waals surface area contributed by atoms with Gasteiger partial charge in [-0.1, -0.05) is 41.3 Å². The number of aryl methyl sites for hydroxylation is 2. The van der Waals surface area contributed by atoms with E-state index in [2.05, 4.69) is 26.1 Å². The van der Waals surface area contributed by atoms with Gasteiger partial charge in [0.1, 0.15) is 11.8 Å². The number of carbonyl (C=O) groups is 2. The maximum absolute atomic E-state index is 12.7. The van der Waals surface area contributed by atoms with Crippen LogP contribution in [0.2, 0.25) is 0 Å². The molecule has 0 bridgehead atoms. The summed E-state index contributed by atoms with van der Waals surface area (Å²) in [5, 5.41) is 17.9. The Morgan fingerprint density at radius 1 is 1.24 bits per heavy atom. The first-order valence-electron chi connectivity index (χ1n) is 10.3. The number of anilines is 2. The number of furan rings is 1. The van der Waals surface area contributed by atoms with Crippen LogP contribution in [0.25, 0.3) is 0 Å². The minimum absolute atomic E-state index is 0.214. The standard InChI is InChI=1S/C22H23N5O4S2/c1-4-30-19(28)16-14(23-20(29)24-18(16)15-9-6-10-31-15)11-32-22-27-26-21(33-22)25-17-12(2)7-5-8-13(17)3/h5-10,18H,4,11H2,1-3H3,(H,25,26)(H2,23,24,29). The maximum Gasteiger partial charge on any atom is 0.338 e. The smallest absolute Gasteiger partial charge is 0.338 e. The molecule has 3 heterocycles. The van der Waals surface area contributed by atoms with Gasteiger partial charge in [0, 0.05) is 17.1 Å². The second-order valence-electron chi connectivity index (χ2n) is 7.21. The molecule has 9 nitrogen and oxygen atoms in total. The molecule has 1 aromatic carbocycles. The van der Waals surface area contributed by atoms with Crippen molar-refractivity contribution in [1.82, 2.24) is 20.8 Å². The van der Waals surface area contributed by atoms with E-state index < -0.39 is 18.0 Å². The van der Waals surface area contributed by atoms with Crippen molar-refractivity contribution >= 4 is 45.9 Å². The van der Waals surface area contributed by atoms with Crippen LogP contribution in [0.15, 0.2) is 56.6 Å². The Kier molecular flexibility index (Phi) is 6.99. The van der Waals surface area contributed by atoms with E-state index in [1.807, 2.05) is 32.0 Å². The topological polar surface area (TPSA) is 118 Å². The highest BCUT2D eigenvalue weighted by Crippen LogP contribution is 2.34. The number of carbonyl (C=O) groups excluding carboxylic acids is 2. The zero-order valence-electron chi connectivity index (χ0n) is 18.3. The van der Waals surface area contributed by atoms with Crippen molar-refractivity contribution in [3.8, 4) is 0 Å². The summed E-state index contributed by atoms with van der Waals surface area (Å²) in [6.45, 7) is 6.01. The lowest BCUT2D eigenvalue weighted by atomic mass is 10.0. The van der Waals surface area contributed by atoms with E-state index in [9.17, 15) is 9.59 Å². The van der Waals surface area contributed by atoms with Crippen molar-refractivity contribution in [2.24, 2.45) is 0 Å². The molecule has 0 fully saturated rings. The maximum atomic E-state index is 12.7. The molecule has 1 aliphatic heterocycles. The highest BCUT2D eigenvalue weighted by Gasteiger charge is 2.35. The van der Waals surface area contributed by atoms with E-state index in [1.165, 1.54) is 29.4 Å².